The van der Waals surface area contributed by atoms with Crippen molar-refractivity contribution < 1.29 is 15.0 Å². The van der Waals surface area contributed by atoms with Crippen LogP contribution in [0.3, 0.4) is 0 Å². The Morgan fingerprint density at radius 3 is 2.63 bits per heavy atom. The first-order valence-electron chi connectivity index (χ1n) is 5.78. The number of fused-ring (bicyclic) bond motifs is 1. The van der Waals surface area contributed by atoms with Crippen molar-refractivity contribution in [3.63, 3.8) is 0 Å². The lowest BCUT2D eigenvalue weighted by Crippen LogP contribution is -2.33. The van der Waals surface area contributed by atoms with Gasteiger partial charge in [0.2, 0.25) is 0 Å². The molecule has 1 unspecified atom stereocenters. The highest BCUT2D eigenvalue weighted by Crippen LogP contribution is 2.33. The molecule has 0 saturated carbocycles. The number of carboxylic acids is 1. The number of hydrogen-bond acceptors (Lipinski definition) is 6. The average Bonchev–Trinajstić information content (AvgIpc) is 2.61. The molecule has 2 heterocycles. The number of anilines is 1. The Labute approximate surface area is 114 Å². The average molecular weight is 281 g/mol. The van der Waals surface area contributed by atoms with Gasteiger partial charge in [-0.1, -0.05) is 0 Å². The van der Waals surface area contributed by atoms with Crippen LogP contribution in [0.2, 0.25) is 0 Å². The first-order valence-corrected chi connectivity index (χ1v) is 6.60. The highest BCUT2D eigenvalue weighted by Gasteiger charge is 2.20. The Bertz CT molecular complexity index is 639. The summed E-state index contributed by atoms with van der Waals surface area (Å²) in [7, 11) is 0. The van der Waals surface area contributed by atoms with Gasteiger partial charge in [-0.05, 0) is 26.3 Å². The van der Waals surface area contributed by atoms with Gasteiger partial charge in [-0.2, -0.15) is 0 Å². The van der Waals surface area contributed by atoms with E-state index >= 15 is 0 Å². The summed E-state index contributed by atoms with van der Waals surface area (Å²) >= 11 is 1.55. The molecule has 6 nitrogen and oxygen atoms in total. The maximum Gasteiger partial charge on any atom is 0.328 e. The predicted molar refractivity (Wildman–Crippen MR) is 73.8 cm³/mol. The Morgan fingerprint density at radius 2 is 2.05 bits per heavy atom. The molecule has 2 rings (SSSR count). The van der Waals surface area contributed by atoms with E-state index < -0.39 is 18.6 Å². The molecular weight excluding hydrogens is 266 g/mol. The number of rotatable bonds is 4. The van der Waals surface area contributed by atoms with Gasteiger partial charge in [-0.3, -0.25) is 0 Å². The van der Waals surface area contributed by atoms with E-state index in [1.54, 1.807) is 18.3 Å². The molecule has 3 N–H and O–H groups in total. The lowest BCUT2D eigenvalue weighted by atomic mass is 10.2. The zero-order valence-electron chi connectivity index (χ0n) is 10.9. The van der Waals surface area contributed by atoms with Crippen LogP contribution in [0.1, 0.15) is 16.3 Å². The van der Waals surface area contributed by atoms with Crippen molar-refractivity contribution in [2.24, 2.45) is 0 Å². The Hall–Kier alpha value is -1.73. The van der Waals surface area contributed by atoms with E-state index in [0.717, 1.165) is 20.7 Å². The summed E-state index contributed by atoms with van der Waals surface area (Å²) in [6.45, 7) is 5.19. The number of nitrogens with zero attached hydrogens (tertiary/aromatic N) is 2. The highest BCUT2D eigenvalue weighted by molar-refractivity contribution is 7.18. The third kappa shape index (κ3) is 2.52. The van der Waals surface area contributed by atoms with Crippen LogP contribution >= 0.6 is 11.3 Å². The van der Waals surface area contributed by atoms with E-state index in [-0.39, 0.29) is 0 Å². The first-order chi connectivity index (χ1) is 8.93. The monoisotopic (exact) mass is 281 g/mol. The molecule has 0 spiro atoms. The maximum absolute atomic E-state index is 11.0. The molecule has 0 aliphatic carbocycles. The molecule has 2 aromatic rings. The molecule has 0 radical (unpaired) electrons. The third-order valence-electron chi connectivity index (χ3n) is 2.93. The standard InChI is InChI=1S/C12H15N3O3S/c1-5-6(2)19-11-9(5)10(13-7(3)14-11)15-8(4-16)12(17)18/h8,16H,4H2,1-3H3,(H,17,18)(H,13,14,15). The number of carboxylic acid groups (broad SMARTS) is 1. The molecule has 19 heavy (non-hydrogen) atoms. The van der Waals surface area contributed by atoms with Gasteiger partial charge in [0.15, 0.2) is 0 Å². The Kier molecular flexibility index (Phi) is 3.68. The number of aliphatic carboxylic acids is 1. The van der Waals surface area contributed by atoms with Crippen LogP contribution in [-0.4, -0.2) is 38.8 Å². The van der Waals surface area contributed by atoms with Gasteiger partial charge in [0.05, 0.1) is 12.0 Å². The third-order valence-corrected chi connectivity index (χ3v) is 4.03. The number of aryl methyl sites for hydroxylation is 3. The van der Waals surface area contributed by atoms with Gasteiger partial charge >= 0.3 is 5.97 Å². The minimum absolute atomic E-state index is 0.464. The summed E-state index contributed by atoms with van der Waals surface area (Å²) in [6.07, 6.45) is 0. The van der Waals surface area contributed by atoms with E-state index in [0.29, 0.717) is 11.6 Å². The van der Waals surface area contributed by atoms with Crippen LogP contribution in [0, 0.1) is 20.8 Å². The van der Waals surface area contributed by atoms with Crippen LogP contribution in [0.5, 0.6) is 0 Å². The molecule has 0 aliphatic heterocycles. The smallest absolute Gasteiger partial charge is 0.328 e. The fourth-order valence-electron chi connectivity index (χ4n) is 1.81. The van der Waals surface area contributed by atoms with E-state index in [1.165, 1.54) is 0 Å². The normalized spacial score (nSPS) is 12.6. The van der Waals surface area contributed by atoms with E-state index in [9.17, 15) is 4.79 Å². The number of aromatic nitrogens is 2. The maximum atomic E-state index is 11.0. The van der Waals surface area contributed by atoms with Crippen LogP contribution < -0.4 is 5.32 Å². The van der Waals surface area contributed by atoms with Crippen LogP contribution in [-0.2, 0) is 4.79 Å². The zero-order chi connectivity index (χ0) is 14.2. The van der Waals surface area contributed by atoms with Gasteiger partial charge in [-0.25, -0.2) is 14.8 Å². The molecule has 1 atom stereocenters. The first kappa shape index (κ1) is 13.7. The van der Waals surface area contributed by atoms with Crippen LogP contribution in [0.25, 0.3) is 10.2 Å². The van der Waals surface area contributed by atoms with Crippen molar-refractivity contribution in [1.29, 1.82) is 0 Å². The van der Waals surface area contributed by atoms with Crippen LogP contribution in [0.4, 0.5) is 5.82 Å². The summed E-state index contributed by atoms with van der Waals surface area (Å²) in [5.41, 5.74) is 1.03. The molecule has 102 valence electrons. The van der Waals surface area contributed by atoms with E-state index in [4.69, 9.17) is 10.2 Å². The fraction of sp³-hybridized carbons (Fsp3) is 0.417. The number of aliphatic hydroxyl groups is 1. The van der Waals surface area contributed by atoms with Gasteiger partial charge < -0.3 is 15.5 Å². The van der Waals surface area contributed by atoms with Crippen molar-refractivity contribution in [2.75, 3.05) is 11.9 Å². The minimum atomic E-state index is -1.11. The topological polar surface area (TPSA) is 95.3 Å². The molecule has 7 heteroatoms. The van der Waals surface area contributed by atoms with Gasteiger partial charge in [0.25, 0.3) is 0 Å². The zero-order valence-corrected chi connectivity index (χ0v) is 11.7. The molecule has 0 saturated heterocycles. The van der Waals surface area contributed by atoms with E-state index in [2.05, 4.69) is 15.3 Å². The van der Waals surface area contributed by atoms with Gasteiger partial charge in [-0.15, -0.1) is 11.3 Å². The van der Waals surface area contributed by atoms with Crippen molar-refractivity contribution in [3.05, 3.63) is 16.3 Å². The quantitative estimate of drug-likeness (QED) is 0.785. The summed E-state index contributed by atoms with van der Waals surface area (Å²) in [5.74, 6) is -0.0827. The Morgan fingerprint density at radius 1 is 1.37 bits per heavy atom. The lowest BCUT2D eigenvalue weighted by Gasteiger charge is -2.13. The summed E-state index contributed by atoms with van der Waals surface area (Å²) in [4.78, 5) is 21.5. The number of aliphatic hydroxyl groups excluding tert-OH is 1. The summed E-state index contributed by atoms with van der Waals surface area (Å²) in [6, 6.07) is -1.07. The largest absolute Gasteiger partial charge is 0.480 e. The second kappa shape index (κ2) is 5.10. The lowest BCUT2D eigenvalue weighted by molar-refractivity contribution is -0.138. The van der Waals surface area contributed by atoms with Gasteiger partial charge in [0.1, 0.15) is 22.5 Å². The fourth-order valence-corrected chi connectivity index (χ4v) is 2.89. The molecular formula is C12H15N3O3S. The predicted octanol–water partition coefficient (Wildman–Crippen LogP) is 1.47. The van der Waals surface area contributed by atoms with Crippen LogP contribution in [0.15, 0.2) is 0 Å². The van der Waals surface area contributed by atoms with Crippen molar-refractivity contribution in [2.45, 2.75) is 26.8 Å². The summed E-state index contributed by atoms with van der Waals surface area (Å²) in [5, 5.41) is 21.7. The molecule has 0 fully saturated rings. The van der Waals surface area contributed by atoms with Crippen molar-refractivity contribution in [3.8, 4) is 0 Å². The number of nitrogens with one attached hydrogen (secondary N) is 1. The molecule has 2 aromatic heterocycles. The Balaban J connectivity index is 2.55. The molecule has 0 amide bonds. The second-order valence-corrected chi connectivity index (χ2v) is 5.50. The number of thiophene rings is 1. The van der Waals surface area contributed by atoms with Crippen molar-refractivity contribution >= 4 is 33.3 Å². The molecule has 0 aromatic carbocycles. The second-order valence-electron chi connectivity index (χ2n) is 4.30. The summed E-state index contributed by atoms with van der Waals surface area (Å²) < 4.78 is 0. The van der Waals surface area contributed by atoms with E-state index in [1.807, 2.05) is 13.8 Å². The molecule has 0 bridgehead atoms. The minimum Gasteiger partial charge on any atom is -0.480 e. The number of hydrogen-bond donors (Lipinski definition) is 3. The highest BCUT2D eigenvalue weighted by atomic mass is 32.1. The molecule has 0 aliphatic rings. The van der Waals surface area contributed by atoms with Gasteiger partial charge in [0, 0.05) is 4.88 Å². The number of carbonyl (C=O) groups is 1. The van der Waals surface area contributed by atoms with Crippen molar-refractivity contribution in [1.82, 2.24) is 9.97 Å². The SMILES string of the molecule is Cc1nc(NC(CO)C(=O)O)c2c(C)c(C)sc2n1.